The van der Waals surface area contributed by atoms with Crippen LogP contribution in [0.4, 0.5) is 15.8 Å². The van der Waals surface area contributed by atoms with Crippen molar-refractivity contribution >= 4 is 22.3 Å². The van der Waals surface area contributed by atoms with E-state index in [-0.39, 0.29) is 39.7 Å². The van der Waals surface area contributed by atoms with E-state index >= 15 is 4.39 Å². The van der Waals surface area contributed by atoms with E-state index in [1.807, 2.05) is 0 Å². The molecule has 0 bridgehead atoms. The SMILES string of the molecule is Cc1cn2c3c(c(N4CCC(N)C4)c(F)cc3c1=O)Oc1cc([N+](=O)[O-])ccc1-2. The lowest BCUT2D eigenvalue weighted by atomic mass is 10.1. The topological polar surface area (TPSA) is 104 Å². The fourth-order valence-corrected chi connectivity index (χ4v) is 4.13. The second-order valence-electron chi connectivity index (χ2n) is 7.45. The molecule has 0 spiro atoms. The van der Waals surface area contributed by atoms with E-state index < -0.39 is 10.7 Å². The van der Waals surface area contributed by atoms with E-state index in [1.54, 1.807) is 28.7 Å². The molecule has 1 unspecified atom stereocenters. The fraction of sp³-hybridized carbons (Fsp3) is 0.250. The van der Waals surface area contributed by atoms with Gasteiger partial charge in [0.1, 0.15) is 11.2 Å². The first kappa shape index (κ1) is 17.6. The van der Waals surface area contributed by atoms with Gasteiger partial charge in [0.05, 0.1) is 22.1 Å². The highest BCUT2D eigenvalue weighted by Crippen LogP contribution is 2.47. The molecule has 0 radical (unpaired) electrons. The van der Waals surface area contributed by atoms with E-state index in [9.17, 15) is 14.9 Å². The summed E-state index contributed by atoms with van der Waals surface area (Å²) in [5.74, 6) is -0.171. The number of rotatable bonds is 2. The monoisotopic (exact) mass is 396 g/mol. The first-order valence-corrected chi connectivity index (χ1v) is 9.21. The van der Waals surface area contributed by atoms with Crippen LogP contribution in [0.1, 0.15) is 12.0 Å². The number of non-ortho nitro benzene ring substituents is 1. The van der Waals surface area contributed by atoms with Gasteiger partial charge in [0.15, 0.2) is 22.7 Å². The van der Waals surface area contributed by atoms with Gasteiger partial charge in [0.25, 0.3) is 5.69 Å². The molecule has 2 aliphatic rings. The number of aryl methyl sites for hydroxylation is 1. The molecular weight excluding hydrogens is 379 g/mol. The van der Waals surface area contributed by atoms with Crippen molar-refractivity contribution in [3.63, 3.8) is 0 Å². The van der Waals surface area contributed by atoms with Gasteiger partial charge in [-0.05, 0) is 25.5 Å². The van der Waals surface area contributed by atoms with E-state index in [0.717, 1.165) is 0 Å². The lowest BCUT2D eigenvalue weighted by Gasteiger charge is -2.29. The Morgan fingerprint density at radius 3 is 2.83 bits per heavy atom. The molecule has 1 saturated heterocycles. The zero-order valence-corrected chi connectivity index (χ0v) is 15.5. The molecule has 148 valence electrons. The minimum Gasteiger partial charge on any atom is -0.450 e. The molecule has 0 saturated carbocycles. The largest absolute Gasteiger partial charge is 0.450 e. The van der Waals surface area contributed by atoms with E-state index in [0.29, 0.717) is 36.3 Å². The zero-order chi connectivity index (χ0) is 20.4. The summed E-state index contributed by atoms with van der Waals surface area (Å²) < 4.78 is 22.9. The Morgan fingerprint density at radius 2 is 2.14 bits per heavy atom. The van der Waals surface area contributed by atoms with Crippen molar-refractivity contribution in [2.45, 2.75) is 19.4 Å². The highest BCUT2D eigenvalue weighted by molar-refractivity contribution is 5.95. The third kappa shape index (κ3) is 2.51. The number of fused-ring (bicyclic) bond motifs is 2. The third-order valence-electron chi connectivity index (χ3n) is 5.52. The number of nitro groups is 1. The summed E-state index contributed by atoms with van der Waals surface area (Å²) in [5, 5.41) is 11.4. The maximum atomic E-state index is 15.2. The maximum Gasteiger partial charge on any atom is 0.273 e. The number of pyridine rings is 1. The smallest absolute Gasteiger partial charge is 0.273 e. The van der Waals surface area contributed by atoms with Gasteiger partial charge in [-0.25, -0.2) is 4.39 Å². The Morgan fingerprint density at radius 1 is 1.34 bits per heavy atom. The molecule has 0 aliphatic carbocycles. The predicted molar refractivity (Wildman–Crippen MR) is 106 cm³/mol. The van der Waals surface area contributed by atoms with Crippen molar-refractivity contribution in [3.05, 3.63) is 62.2 Å². The predicted octanol–water partition coefficient (Wildman–Crippen LogP) is 2.99. The van der Waals surface area contributed by atoms with Gasteiger partial charge >= 0.3 is 0 Å². The molecule has 5 rings (SSSR count). The van der Waals surface area contributed by atoms with Gasteiger partial charge in [-0.15, -0.1) is 0 Å². The second kappa shape index (κ2) is 6.02. The number of hydrogen-bond acceptors (Lipinski definition) is 6. The molecule has 2 N–H and O–H groups in total. The number of halogens is 1. The van der Waals surface area contributed by atoms with E-state index in [2.05, 4.69) is 0 Å². The Balaban J connectivity index is 1.86. The number of anilines is 1. The molecule has 3 aromatic rings. The summed E-state index contributed by atoms with van der Waals surface area (Å²) in [4.78, 5) is 25.2. The first-order chi connectivity index (χ1) is 13.8. The summed E-state index contributed by atoms with van der Waals surface area (Å²) in [6.45, 7) is 2.66. The van der Waals surface area contributed by atoms with Crippen LogP contribution in [0.25, 0.3) is 16.6 Å². The quantitative estimate of drug-likeness (QED) is 0.413. The van der Waals surface area contributed by atoms with Crippen LogP contribution in [0.15, 0.2) is 35.3 Å². The third-order valence-corrected chi connectivity index (χ3v) is 5.52. The highest BCUT2D eigenvalue weighted by Gasteiger charge is 2.32. The van der Waals surface area contributed by atoms with Crippen LogP contribution in [-0.4, -0.2) is 28.6 Å². The number of nitro benzene ring substituents is 1. The normalized spacial score (nSPS) is 17.3. The summed E-state index contributed by atoms with van der Waals surface area (Å²) in [7, 11) is 0. The number of ether oxygens (including phenoxy) is 1. The van der Waals surface area contributed by atoms with Crippen molar-refractivity contribution in [2.75, 3.05) is 18.0 Å². The van der Waals surface area contributed by atoms with Crippen LogP contribution in [-0.2, 0) is 0 Å². The number of benzene rings is 2. The van der Waals surface area contributed by atoms with Gasteiger partial charge in [-0.3, -0.25) is 14.9 Å². The Bertz CT molecular complexity index is 1270. The molecule has 0 amide bonds. The van der Waals surface area contributed by atoms with Crippen molar-refractivity contribution in [1.82, 2.24) is 4.57 Å². The van der Waals surface area contributed by atoms with Crippen LogP contribution in [0.2, 0.25) is 0 Å². The molecule has 8 nitrogen and oxygen atoms in total. The summed E-state index contributed by atoms with van der Waals surface area (Å²) in [6, 6.07) is 5.39. The number of aromatic nitrogens is 1. The average molecular weight is 396 g/mol. The minimum atomic E-state index is -0.579. The molecular formula is C20H17FN4O4. The molecule has 2 aliphatic heterocycles. The fourth-order valence-electron chi connectivity index (χ4n) is 4.13. The average Bonchev–Trinajstić information content (AvgIpc) is 3.10. The molecule has 29 heavy (non-hydrogen) atoms. The molecule has 2 aromatic carbocycles. The number of nitrogens with two attached hydrogens (primary N) is 1. The van der Waals surface area contributed by atoms with Crippen LogP contribution < -0.4 is 20.8 Å². The van der Waals surface area contributed by atoms with Crippen molar-refractivity contribution in [3.8, 4) is 17.2 Å². The molecule has 9 heteroatoms. The van der Waals surface area contributed by atoms with Crippen LogP contribution in [0.3, 0.4) is 0 Å². The lowest BCUT2D eigenvalue weighted by Crippen LogP contribution is -2.28. The lowest BCUT2D eigenvalue weighted by molar-refractivity contribution is -0.384. The van der Waals surface area contributed by atoms with Gasteiger partial charge < -0.3 is 19.9 Å². The second-order valence-corrected chi connectivity index (χ2v) is 7.45. The van der Waals surface area contributed by atoms with Crippen molar-refractivity contribution in [2.24, 2.45) is 5.73 Å². The minimum absolute atomic E-state index is 0.0885. The molecule has 1 aromatic heterocycles. The zero-order valence-electron chi connectivity index (χ0n) is 15.5. The Kier molecular flexibility index (Phi) is 3.66. The molecule has 3 heterocycles. The van der Waals surface area contributed by atoms with E-state index in [1.165, 1.54) is 18.2 Å². The van der Waals surface area contributed by atoms with Crippen molar-refractivity contribution < 1.29 is 14.1 Å². The van der Waals surface area contributed by atoms with Gasteiger partial charge in [-0.2, -0.15) is 0 Å². The van der Waals surface area contributed by atoms with E-state index in [4.69, 9.17) is 10.5 Å². The Labute approximate surface area is 164 Å². The van der Waals surface area contributed by atoms with Crippen LogP contribution in [0.5, 0.6) is 11.5 Å². The summed E-state index contributed by atoms with van der Waals surface area (Å²) >= 11 is 0. The van der Waals surface area contributed by atoms with Crippen molar-refractivity contribution in [1.29, 1.82) is 0 Å². The maximum absolute atomic E-state index is 15.2. The standard InChI is InChI=1S/C20H17FN4O4/c1-10-8-24-15-3-2-12(25(27)28)6-16(15)29-20-17(24)13(19(10)26)7-14(21)18(20)23-5-4-11(22)9-23/h2-3,6-8,11H,4-5,9,22H2,1H3. The number of nitrogens with zero attached hydrogens (tertiary/aromatic N) is 3. The number of hydrogen-bond donors (Lipinski definition) is 1. The molecule has 1 atom stereocenters. The van der Waals surface area contributed by atoms with Crippen LogP contribution in [0, 0.1) is 22.9 Å². The van der Waals surface area contributed by atoms with Gasteiger partial charge in [-0.1, -0.05) is 0 Å². The van der Waals surface area contributed by atoms with Gasteiger partial charge in [0, 0.05) is 37.0 Å². The summed E-state index contributed by atoms with van der Waals surface area (Å²) in [6.07, 6.45) is 2.36. The molecule has 1 fully saturated rings. The highest BCUT2D eigenvalue weighted by atomic mass is 19.1. The first-order valence-electron chi connectivity index (χ1n) is 9.21. The summed E-state index contributed by atoms with van der Waals surface area (Å²) in [5.41, 5.74) is 7.23. The Hall–Kier alpha value is -3.46. The van der Waals surface area contributed by atoms with Crippen LogP contribution >= 0.6 is 0 Å². The van der Waals surface area contributed by atoms with Gasteiger partial charge in [0.2, 0.25) is 0 Å².